The van der Waals surface area contributed by atoms with E-state index in [-0.39, 0.29) is 5.75 Å². The zero-order valence-corrected chi connectivity index (χ0v) is 17.1. The van der Waals surface area contributed by atoms with Gasteiger partial charge in [-0.25, -0.2) is 13.4 Å². The molecule has 0 aliphatic carbocycles. The molecule has 0 bridgehead atoms. The van der Waals surface area contributed by atoms with Crippen molar-refractivity contribution < 1.29 is 13.5 Å². The number of nitrogens with zero attached hydrogens (tertiary/aromatic N) is 2. The van der Waals surface area contributed by atoms with Gasteiger partial charge in [0, 0.05) is 24.7 Å². The first kappa shape index (κ1) is 20.8. The molecule has 0 saturated heterocycles. The lowest BCUT2D eigenvalue weighted by atomic mass is 10.1. The number of anilines is 3. The topological polar surface area (TPSA) is 104 Å². The van der Waals surface area contributed by atoms with Gasteiger partial charge in [-0.3, -0.25) is 0 Å². The summed E-state index contributed by atoms with van der Waals surface area (Å²) in [7, 11) is -3.06. The van der Waals surface area contributed by atoms with E-state index in [1.54, 1.807) is 36.5 Å². The lowest BCUT2D eigenvalue weighted by Gasteiger charge is -2.14. The van der Waals surface area contributed by atoms with E-state index in [9.17, 15) is 13.5 Å². The summed E-state index contributed by atoms with van der Waals surface area (Å²) >= 11 is 0. The highest BCUT2D eigenvalue weighted by Gasteiger charge is 2.09. The molecule has 7 nitrogen and oxygen atoms in total. The molecule has 0 spiro atoms. The number of benzene rings is 2. The van der Waals surface area contributed by atoms with Gasteiger partial charge in [0.25, 0.3) is 0 Å². The zero-order chi connectivity index (χ0) is 20.9. The van der Waals surface area contributed by atoms with E-state index in [0.29, 0.717) is 18.3 Å². The van der Waals surface area contributed by atoms with Crippen molar-refractivity contribution in [2.45, 2.75) is 18.8 Å². The van der Waals surface area contributed by atoms with Gasteiger partial charge < -0.3 is 15.7 Å². The molecule has 0 aliphatic heterocycles. The summed E-state index contributed by atoms with van der Waals surface area (Å²) in [5.41, 5.74) is 3.41. The van der Waals surface area contributed by atoms with Crippen molar-refractivity contribution in [3.05, 3.63) is 77.5 Å². The van der Waals surface area contributed by atoms with Gasteiger partial charge in [-0.2, -0.15) is 4.98 Å². The Bertz CT molecular complexity index is 1070. The SMILES string of the molecule is Cc1cccc(C(O)CNc2ccnc(Nc3ccc(CS(C)(=O)=O)cc3)n2)c1. The third-order valence-corrected chi connectivity index (χ3v) is 5.06. The normalized spacial score (nSPS) is 12.4. The van der Waals surface area contributed by atoms with Crippen molar-refractivity contribution in [1.29, 1.82) is 0 Å². The zero-order valence-electron chi connectivity index (χ0n) is 16.3. The number of hydrogen-bond acceptors (Lipinski definition) is 7. The molecule has 0 amide bonds. The first-order chi connectivity index (χ1) is 13.8. The Kier molecular flexibility index (Phi) is 6.46. The minimum atomic E-state index is -3.06. The number of sulfone groups is 1. The maximum absolute atomic E-state index is 11.4. The van der Waals surface area contributed by atoms with Gasteiger partial charge in [0.05, 0.1) is 11.9 Å². The molecule has 0 radical (unpaired) electrons. The second-order valence-corrected chi connectivity index (χ2v) is 9.11. The summed E-state index contributed by atoms with van der Waals surface area (Å²) < 4.78 is 22.7. The molecule has 1 unspecified atom stereocenters. The highest BCUT2D eigenvalue weighted by atomic mass is 32.2. The molecule has 3 aromatic rings. The van der Waals surface area contributed by atoms with Crippen molar-refractivity contribution in [2.24, 2.45) is 0 Å². The molecular weight excluding hydrogens is 388 g/mol. The van der Waals surface area contributed by atoms with Gasteiger partial charge in [-0.15, -0.1) is 0 Å². The smallest absolute Gasteiger partial charge is 0.229 e. The predicted octanol–water partition coefficient (Wildman–Crippen LogP) is 3.22. The standard InChI is InChI=1S/C21H24N4O3S/c1-15-4-3-5-17(12-15)19(26)13-23-20-10-11-22-21(25-20)24-18-8-6-16(7-9-18)14-29(2,27)28/h3-12,19,26H,13-14H2,1-2H3,(H2,22,23,24,25). The van der Waals surface area contributed by atoms with Gasteiger partial charge in [-0.1, -0.05) is 42.0 Å². The molecule has 0 fully saturated rings. The Balaban J connectivity index is 1.60. The van der Waals surface area contributed by atoms with Crippen LogP contribution in [0.2, 0.25) is 0 Å². The summed E-state index contributed by atoms with van der Waals surface area (Å²) in [4.78, 5) is 8.59. The van der Waals surface area contributed by atoms with E-state index < -0.39 is 15.9 Å². The molecular formula is C21H24N4O3S. The van der Waals surface area contributed by atoms with E-state index in [2.05, 4.69) is 20.6 Å². The lowest BCUT2D eigenvalue weighted by molar-refractivity contribution is 0.191. The van der Waals surface area contributed by atoms with E-state index in [4.69, 9.17) is 0 Å². The Labute approximate surface area is 170 Å². The van der Waals surface area contributed by atoms with Crippen LogP contribution in [0.4, 0.5) is 17.5 Å². The molecule has 8 heteroatoms. The predicted molar refractivity (Wildman–Crippen MR) is 115 cm³/mol. The van der Waals surface area contributed by atoms with Gasteiger partial charge in [0.1, 0.15) is 5.82 Å². The number of aryl methyl sites for hydroxylation is 1. The van der Waals surface area contributed by atoms with Crippen LogP contribution in [0.3, 0.4) is 0 Å². The quantitative estimate of drug-likeness (QED) is 0.522. The number of aliphatic hydroxyl groups is 1. The van der Waals surface area contributed by atoms with Gasteiger partial charge >= 0.3 is 0 Å². The fourth-order valence-corrected chi connectivity index (χ4v) is 3.63. The highest BCUT2D eigenvalue weighted by molar-refractivity contribution is 7.89. The molecule has 1 atom stereocenters. The van der Waals surface area contributed by atoms with E-state index in [1.807, 2.05) is 31.2 Å². The van der Waals surface area contributed by atoms with Crippen LogP contribution < -0.4 is 10.6 Å². The summed E-state index contributed by atoms with van der Waals surface area (Å²) in [5.74, 6) is 0.991. The molecule has 3 rings (SSSR count). The Morgan fingerprint density at radius 3 is 2.55 bits per heavy atom. The van der Waals surface area contributed by atoms with Gasteiger partial charge in [0.15, 0.2) is 9.84 Å². The largest absolute Gasteiger partial charge is 0.387 e. The van der Waals surface area contributed by atoms with E-state index >= 15 is 0 Å². The second kappa shape index (κ2) is 9.02. The van der Waals surface area contributed by atoms with Crippen LogP contribution in [0.15, 0.2) is 60.8 Å². The van der Waals surface area contributed by atoms with Crippen LogP contribution in [0.25, 0.3) is 0 Å². The average molecular weight is 413 g/mol. The van der Waals surface area contributed by atoms with Crippen molar-refractivity contribution in [1.82, 2.24) is 9.97 Å². The molecule has 1 aromatic heterocycles. The Morgan fingerprint density at radius 1 is 1.10 bits per heavy atom. The molecule has 152 valence electrons. The van der Waals surface area contributed by atoms with Crippen LogP contribution >= 0.6 is 0 Å². The second-order valence-electron chi connectivity index (χ2n) is 6.97. The van der Waals surface area contributed by atoms with Crippen LogP contribution in [0, 0.1) is 6.92 Å². The number of aromatic nitrogens is 2. The highest BCUT2D eigenvalue weighted by Crippen LogP contribution is 2.18. The van der Waals surface area contributed by atoms with Crippen LogP contribution in [0.5, 0.6) is 0 Å². The Hall–Kier alpha value is -2.97. The number of nitrogens with one attached hydrogen (secondary N) is 2. The van der Waals surface area contributed by atoms with Crippen molar-refractivity contribution in [3.8, 4) is 0 Å². The maximum Gasteiger partial charge on any atom is 0.229 e. The minimum absolute atomic E-state index is 0.00640. The van der Waals surface area contributed by atoms with Crippen LogP contribution in [-0.2, 0) is 15.6 Å². The molecule has 2 aromatic carbocycles. The summed E-state index contributed by atoms with van der Waals surface area (Å²) in [6, 6.07) is 16.5. The molecule has 3 N–H and O–H groups in total. The molecule has 0 saturated carbocycles. The molecule has 0 aliphatic rings. The van der Waals surface area contributed by atoms with E-state index in [0.717, 1.165) is 22.4 Å². The molecule has 1 heterocycles. The van der Waals surface area contributed by atoms with Crippen molar-refractivity contribution in [2.75, 3.05) is 23.4 Å². The third-order valence-electron chi connectivity index (χ3n) is 4.20. The Morgan fingerprint density at radius 2 is 1.86 bits per heavy atom. The number of aliphatic hydroxyl groups excluding tert-OH is 1. The fraction of sp³-hybridized carbons (Fsp3) is 0.238. The van der Waals surface area contributed by atoms with Gasteiger partial charge in [0.2, 0.25) is 5.95 Å². The first-order valence-corrected chi connectivity index (χ1v) is 11.2. The summed E-state index contributed by atoms with van der Waals surface area (Å²) in [6.45, 7) is 2.31. The molecule has 29 heavy (non-hydrogen) atoms. The lowest BCUT2D eigenvalue weighted by Crippen LogP contribution is -2.13. The number of rotatable bonds is 8. The minimum Gasteiger partial charge on any atom is -0.387 e. The monoisotopic (exact) mass is 412 g/mol. The maximum atomic E-state index is 11.4. The third kappa shape index (κ3) is 6.55. The van der Waals surface area contributed by atoms with Crippen LogP contribution in [0.1, 0.15) is 22.8 Å². The summed E-state index contributed by atoms with van der Waals surface area (Å²) in [6.07, 6.45) is 2.18. The van der Waals surface area contributed by atoms with Crippen LogP contribution in [-0.4, -0.2) is 36.3 Å². The van der Waals surface area contributed by atoms with Crippen molar-refractivity contribution in [3.63, 3.8) is 0 Å². The van der Waals surface area contributed by atoms with E-state index in [1.165, 1.54) is 6.26 Å². The van der Waals surface area contributed by atoms with Crippen molar-refractivity contribution >= 4 is 27.3 Å². The first-order valence-electron chi connectivity index (χ1n) is 9.14. The average Bonchev–Trinajstić information content (AvgIpc) is 2.67. The number of hydrogen-bond donors (Lipinski definition) is 3. The van der Waals surface area contributed by atoms with Gasteiger partial charge in [-0.05, 0) is 36.2 Å². The summed E-state index contributed by atoms with van der Waals surface area (Å²) in [5, 5.41) is 16.6. The fourth-order valence-electron chi connectivity index (χ4n) is 2.83.